The van der Waals surface area contributed by atoms with Crippen molar-refractivity contribution < 1.29 is 0 Å². The quantitative estimate of drug-likeness (QED) is 0.672. The minimum atomic E-state index is 0.169. The van der Waals surface area contributed by atoms with Crippen LogP contribution in [0, 0.1) is 12.3 Å². The van der Waals surface area contributed by atoms with Gasteiger partial charge >= 0.3 is 0 Å². The molecule has 3 heteroatoms. The van der Waals surface area contributed by atoms with Gasteiger partial charge in [0.05, 0.1) is 0 Å². The van der Waals surface area contributed by atoms with E-state index in [4.69, 9.17) is 5.73 Å². The zero-order valence-electron chi connectivity index (χ0n) is 13.3. The second kappa shape index (κ2) is 5.84. The van der Waals surface area contributed by atoms with Crippen LogP contribution in [0.5, 0.6) is 0 Å². The van der Waals surface area contributed by atoms with Crippen LogP contribution in [0.3, 0.4) is 0 Å². The van der Waals surface area contributed by atoms with Crippen LogP contribution in [0.15, 0.2) is 53.5 Å². The van der Waals surface area contributed by atoms with E-state index >= 15 is 0 Å². The van der Waals surface area contributed by atoms with Crippen molar-refractivity contribution >= 4 is 11.6 Å². The molecule has 2 aromatic carbocycles. The largest absolute Gasteiger partial charge is 0.370 e. The average Bonchev–Trinajstić information content (AvgIpc) is 2.82. The van der Waals surface area contributed by atoms with Crippen molar-refractivity contribution in [1.82, 2.24) is 0 Å². The molecule has 22 heavy (non-hydrogen) atoms. The van der Waals surface area contributed by atoms with Crippen molar-refractivity contribution in [3.63, 3.8) is 0 Å². The van der Waals surface area contributed by atoms with E-state index in [0.29, 0.717) is 5.96 Å². The number of rotatable bonds is 3. The van der Waals surface area contributed by atoms with Gasteiger partial charge in [0, 0.05) is 12.2 Å². The van der Waals surface area contributed by atoms with Crippen molar-refractivity contribution in [3.8, 4) is 0 Å². The lowest BCUT2D eigenvalue weighted by Crippen LogP contribution is -2.27. The van der Waals surface area contributed by atoms with Gasteiger partial charge in [-0.2, -0.15) is 0 Å². The molecule has 0 amide bonds. The van der Waals surface area contributed by atoms with Crippen LogP contribution in [-0.2, 0) is 12.8 Å². The first-order valence-corrected chi connectivity index (χ1v) is 7.74. The molecule has 0 unspecified atom stereocenters. The molecule has 0 atom stereocenters. The standard InChI is InChI=1S/C19H23N3/c1-14-6-5-9-17(10-14)22-18(20)21-13-19(2)11-15-7-3-4-8-16(15)12-19/h3-10H,11-13H2,1-2H3,(H3,20,21,22). The molecule has 114 valence electrons. The Balaban J connectivity index is 1.64. The van der Waals surface area contributed by atoms with Crippen LogP contribution >= 0.6 is 0 Å². The summed E-state index contributed by atoms with van der Waals surface area (Å²) in [5.74, 6) is 0.489. The first-order chi connectivity index (χ1) is 10.5. The number of hydrogen-bond acceptors (Lipinski definition) is 1. The van der Waals surface area contributed by atoms with Gasteiger partial charge in [-0.3, -0.25) is 4.99 Å². The Labute approximate surface area is 132 Å². The number of nitrogens with one attached hydrogen (secondary N) is 1. The highest BCUT2D eigenvalue weighted by atomic mass is 15.1. The number of benzene rings is 2. The fourth-order valence-electron chi connectivity index (χ4n) is 3.18. The molecule has 2 aromatic rings. The van der Waals surface area contributed by atoms with E-state index in [2.05, 4.69) is 60.6 Å². The lowest BCUT2D eigenvalue weighted by atomic mass is 9.87. The smallest absolute Gasteiger partial charge is 0.193 e. The molecule has 0 spiro atoms. The number of guanidine groups is 1. The highest BCUT2D eigenvalue weighted by Crippen LogP contribution is 2.36. The van der Waals surface area contributed by atoms with E-state index in [1.54, 1.807) is 0 Å². The van der Waals surface area contributed by atoms with Gasteiger partial charge in [0.1, 0.15) is 0 Å². The summed E-state index contributed by atoms with van der Waals surface area (Å²) in [4.78, 5) is 4.57. The third kappa shape index (κ3) is 3.30. The summed E-state index contributed by atoms with van der Waals surface area (Å²) in [5.41, 5.74) is 11.3. The summed E-state index contributed by atoms with van der Waals surface area (Å²) in [5, 5.41) is 3.17. The molecule has 3 rings (SSSR count). The summed E-state index contributed by atoms with van der Waals surface area (Å²) >= 11 is 0. The molecule has 1 aliphatic carbocycles. The monoisotopic (exact) mass is 293 g/mol. The second-order valence-electron chi connectivity index (χ2n) is 6.63. The third-order valence-corrected chi connectivity index (χ3v) is 4.27. The molecule has 3 nitrogen and oxygen atoms in total. The van der Waals surface area contributed by atoms with E-state index in [1.165, 1.54) is 16.7 Å². The van der Waals surface area contributed by atoms with Gasteiger partial charge in [-0.15, -0.1) is 0 Å². The molecule has 0 aromatic heterocycles. The highest BCUT2D eigenvalue weighted by Gasteiger charge is 2.32. The molecular weight excluding hydrogens is 270 g/mol. The number of fused-ring (bicyclic) bond motifs is 1. The van der Waals surface area contributed by atoms with Crippen LogP contribution in [0.25, 0.3) is 0 Å². The van der Waals surface area contributed by atoms with Crippen molar-refractivity contribution in [2.45, 2.75) is 26.7 Å². The predicted molar refractivity (Wildman–Crippen MR) is 93.2 cm³/mol. The average molecular weight is 293 g/mol. The van der Waals surface area contributed by atoms with Crippen LogP contribution in [0.2, 0.25) is 0 Å². The van der Waals surface area contributed by atoms with Gasteiger partial charge in [-0.1, -0.05) is 43.3 Å². The molecular formula is C19H23N3. The van der Waals surface area contributed by atoms with Gasteiger partial charge in [-0.05, 0) is 54.0 Å². The Kier molecular flexibility index (Phi) is 3.88. The Hall–Kier alpha value is -2.29. The maximum Gasteiger partial charge on any atom is 0.193 e. The minimum Gasteiger partial charge on any atom is -0.370 e. The van der Waals surface area contributed by atoms with Gasteiger partial charge in [-0.25, -0.2) is 0 Å². The maximum atomic E-state index is 6.04. The Morgan fingerprint density at radius 3 is 2.45 bits per heavy atom. The van der Waals surface area contributed by atoms with E-state index in [1.807, 2.05) is 12.1 Å². The Morgan fingerprint density at radius 2 is 1.82 bits per heavy atom. The number of aliphatic imine (C=N–C) groups is 1. The summed E-state index contributed by atoms with van der Waals surface area (Å²) in [6.45, 7) is 5.10. The molecule has 0 saturated heterocycles. The number of aryl methyl sites for hydroxylation is 1. The lowest BCUT2D eigenvalue weighted by molar-refractivity contribution is 0.360. The third-order valence-electron chi connectivity index (χ3n) is 4.27. The van der Waals surface area contributed by atoms with E-state index in [0.717, 1.165) is 25.1 Å². The Bertz CT molecular complexity index is 678. The Morgan fingerprint density at radius 1 is 1.14 bits per heavy atom. The zero-order chi connectivity index (χ0) is 15.6. The highest BCUT2D eigenvalue weighted by molar-refractivity contribution is 5.92. The van der Waals surface area contributed by atoms with Crippen LogP contribution in [0.4, 0.5) is 5.69 Å². The van der Waals surface area contributed by atoms with Crippen LogP contribution in [-0.4, -0.2) is 12.5 Å². The van der Waals surface area contributed by atoms with Crippen LogP contribution in [0.1, 0.15) is 23.6 Å². The van der Waals surface area contributed by atoms with Gasteiger partial charge in [0.2, 0.25) is 0 Å². The SMILES string of the molecule is Cc1cccc(NC(N)=NCC2(C)Cc3ccccc3C2)c1. The lowest BCUT2D eigenvalue weighted by Gasteiger charge is -2.21. The van der Waals surface area contributed by atoms with Crippen molar-refractivity contribution in [1.29, 1.82) is 0 Å². The van der Waals surface area contributed by atoms with E-state index < -0.39 is 0 Å². The first-order valence-electron chi connectivity index (χ1n) is 7.74. The summed E-state index contributed by atoms with van der Waals surface area (Å²) in [7, 11) is 0. The summed E-state index contributed by atoms with van der Waals surface area (Å²) in [6.07, 6.45) is 2.15. The number of nitrogens with zero attached hydrogens (tertiary/aromatic N) is 1. The number of anilines is 1. The van der Waals surface area contributed by atoms with Crippen molar-refractivity contribution in [2.75, 3.05) is 11.9 Å². The fourth-order valence-corrected chi connectivity index (χ4v) is 3.18. The predicted octanol–water partition coefficient (Wildman–Crippen LogP) is 3.53. The molecule has 0 aliphatic heterocycles. The van der Waals surface area contributed by atoms with E-state index in [9.17, 15) is 0 Å². The summed E-state index contributed by atoms with van der Waals surface area (Å²) < 4.78 is 0. The molecule has 0 saturated carbocycles. The summed E-state index contributed by atoms with van der Waals surface area (Å²) in [6, 6.07) is 16.8. The first kappa shape index (κ1) is 14.6. The van der Waals surface area contributed by atoms with Crippen molar-refractivity contribution in [3.05, 3.63) is 65.2 Å². The van der Waals surface area contributed by atoms with Crippen molar-refractivity contribution in [2.24, 2.45) is 16.1 Å². The van der Waals surface area contributed by atoms with E-state index in [-0.39, 0.29) is 5.41 Å². The van der Waals surface area contributed by atoms with Crippen LogP contribution < -0.4 is 11.1 Å². The molecule has 0 radical (unpaired) electrons. The molecule has 1 aliphatic rings. The van der Waals surface area contributed by atoms with Gasteiger partial charge < -0.3 is 11.1 Å². The zero-order valence-corrected chi connectivity index (χ0v) is 13.3. The molecule has 0 fully saturated rings. The molecule has 3 N–H and O–H groups in total. The number of nitrogens with two attached hydrogens (primary N) is 1. The topological polar surface area (TPSA) is 50.4 Å². The minimum absolute atomic E-state index is 0.169. The molecule has 0 heterocycles. The number of hydrogen-bond donors (Lipinski definition) is 2. The maximum absolute atomic E-state index is 6.04. The van der Waals surface area contributed by atoms with Gasteiger partial charge in [0.25, 0.3) is 0 Å². The van der Waals surface area contributed by atoms with Gasteiger partial charge in [0.15, 0.2) is 5.96 Å². The normalized spacial score (nSPS) is 16.4. The second-order valence-corrected chi connectivity index (χ2v) is 6.63. The fraction of sp³-hybridized carbons (Fsp3) is 0.316. The molecule has 0 bridgehead atoms.